The Morgan fingerprint density at radius 3 is 2.40 bits per heavy atom. The Kier molecular flexibility index (Phi) is 6.06. The topological polar surface area (TPSA) is 15.3 Å². The van der Waals surface area contributed by atoms with Crippen LogP contribution in [0.25, 0.3) is 0 Å². The second kappa shape index (κ2) is 7.80. The van der Waals surface area contributed by atoms with Crippen molar-refractivity contribution in [2.75, 3.05) is 26.2 Å². The zero-order chi connectivity index (χ0) is 14.4. The molecule has 1 fully saturated rings. The van der Waals surface area contributed by atoms with Crippen molar-refractivity contribution in [3.63, 3.8) is 0 Å². The SMILES string of the molecule is Cc1cccc(C)c1CNCC(C)CN1CCCCC1. The fourth-order valence-electron chi connectivity index (χ4n) is 3.22. The number of nitrogens with zero attached hydrogens (tertiary/aromatic N) is 1. The molecule has 112 valence electrons. The molecule has 2 rings (SSSR count). The first-order valence-electron chi connectivity index (χ1n) is 8.15. The van der Waals surface area contributed by atoms with Crippen LogP contribution in [-0.2, 0) is 6.54 Å². The molecular weight excluding hydrogens is 244 g/mol. The standard InChI is InChI=1S/C18H30N2/c1-15(14-20-10-5-4-6-11-20)12-19-13-18-16(2)8-7-9-17(18)3/h7-9,15,19H,4-6,10-14H2,1-3H3. The Labute approximate surface area is 124 Å². The lowest BCUT2D eigenvalue weighted by Crippen LogP contribution is -2.36. The summed E-state index contributed by atoms with van der Waals surface area (Å²) in [5.41, 5.74) is 4.28. The molecular formula is C18H30N2. The van der Waals surface area contributed by atoms with Crippen LogP contribution in [0.4, 0.5) is 0 Å². The van der Waals surface area contributed by atoms with E-state index in [0.29, 0.717) is 0 Å². The molecule has 1 N–H and O–H groups in total. The van der Waals surface area contributed by atoms with E-state index in [2.05, 4.69) is 49.2 Å². The normalized spacial score (nSPS) is 18.1. The molecule has 1 saturated heterocycles. The van der Waals surface area contributed by atoms with Crippen molar-refractivity contribution in [3.8, 4) is 0 Å². The molecule has 0 amide bonds. The quantitative estimate of drug-likeness (QED) is 0.854. The van der Waals surface area contributed by atoms with Gasteiger partial charge in [-0.1, -0.05) is 31.5 Å². The summed E-state index contributed by atoms with van der Waals surface area (Å²) in [7, 11) is 0. The molecule has 2 heteroatoms. The molecule has 20 heavy (non-hydrogen) atoms. The maximum Gasteiger partial charge on any atom is 0.0210 e. The first-order chi connectivity index (χ1) is 9.66. The monoisotopic (exact) mass is 274 g/mol. The number of nitrogens with one attached hydrogen (secondary N) is 1. The highest BCUT2D eigenvalue weighted by molar-refractivity contribution is 5.33. The summed E-state index contributed by atoms with van der Waals surface area (Å²) in [6.07, 6.45) is 4.21. The van der Waals surface area contributed by atoms with Gasteiger partial charge in [-0.25, -0.2) is 0 Å². The number of likely N-dealkylation sites (tertiary alicyclic amines) is 1. The van der Waals surface area contributed by atoms with Gasteiger partial charge in [-0.2, -0.15) is 0 Å². The molecule has 1 aromatic rings. The highest BCUT2D eigenvalue weighted by Crippen LogP contribution is 2.13. The van der Waals surface area contributed by atoms with Crippen molar-refractivity contribution in [2.24, 2.45) is 5.92 Å². The summed E-state index contributed by atoms with van der Waals surface area (Å²) in [4.78, 5) is 2.63. The van der Waals surface area contributed by atoms with Gasteiger partial charge in [0.2, 0.25) is 0 Å². The average molecular weight is 274 g/mol. The van der Waals surface area contributed by atoms with Gasteiger partial charge in [0.05, 0.1) is 0 Å². The smallest absolute Gasteiger partial charge is 0.0210 e. The van der Waals surface area contributed by atoms with Crippen molar-refractivity contribution in [3.05, 3.63) is 34.9 Å². The lowest BCUT2D eigenvalue weighted by Gasteiger charge is -2.29. The minimum atomic E-state index is 0.734. The third-order valence-corrected chi connectivity index (χ3v) is 4.46. The lowest BCUT2D eigenvalue weighted by atomic mass is 10.0. The summed E-state index contributed by atoms with van der Waals surface area (Å²) >= 11 is 0. The van der Waals surface area contributed by atoms with Crippen molar-refractivity contribution < 1.29 is 0 Å². The van der Waals surface area contributed by atoms with Crippen LogP contribution in [0.2, 0.25) is 0 Å². The molecule has 2 nitrogen and oxygen atoms in total. The van der Waals surface area contributed by atoms with E-state index >= 15 is 0 Å². The van der Waals surface area contributed by atoms with Crippen LogP contribution < -0.4 is 5.32 Å². The minimum absolute atomic E-state index is 0.734. The van der Waals surface area contributed by atoms with E-state index in [-0.39, 0.29) is 0 Å². The number of hydrogen-bond donors (Lipinski definition) is 1. The molecule has 1 aromatic carbocycles. The van der Waals surface area contributed by atoms with E-state index < -0.39 is 0 Å². The molecule has 0 radical (unpaired) electrons. The molecule has 1 atom stereocenters. The Bertz CT molecular complexity index is 388. The van der Waals surface area contributed by atoms with E-state index in [0.717, 1.165) is 19.0 Å². The predicted octanol–water partition coefficient (Wildman–Crippen LogP) is 3.52. The maximum absolute atomic E-state index is 3.65. The van der Waals surface area contributed by atoms with Gasteiger partial charge < -0.3 is 10.2 Å². The summed E-state index contributed by atoms with van der Waals surface area (Å²) in [5, 5.41) is 3.65. The fourth-order valence-corrected chi connectivity index (χ4v) is 3.22. The van der Waals surface area contributed by atoms with Crippen LogP contribution in [0.15, 0.2) is 18.2 Å². The zero-order valence-electron chi connectivity index (χ0n) is 13.4. The third-order valence-electron chi connectivity index (χ3n) is 4.46. The summed E-state index contributed by atoms with van der Waals surface area (Å²) in [6, 6.07) is 6.56. The van der Waals surface area contributed by atoms with Gasteiger partial charge in [-0.05, 0) is 68.9 Å². The van der Waals surface area contributed by atoms with Crippen molar-refractivity contribution in [1.29, 1.82) is 0 Å². The van der Waals surface area contributed by atoms with Gasteiger partial charge in [0.25, 0.3) is 0 Å². The number of aryl methyl sites for hydroxylation is 2. The van der Waals surface area contributed by atoms with Gasteiger partial charge in [0.15, 0.2) is 0 Å². The average Bonchev–Trinajstić information content (AvgIpc) is 2.43. The van der Waals surface area contributed by atoms with Gasteiger partial charge in [-0.15, -0.1) is 0 Å². The third kappa shape index (κ3) is 4.60. The van der Waals surface area contributed by atoms with Gasteiger partial charge >= 0.3 is 0 Å². The molecule has 0 bridgehead atoms. The maximum atomic E-state index is 3.65. The molecule has 0 aromatic heterocycles. The molecule has 0 spiro atoms. The Hall–Kier alpha value is -0.860. The number of rotatable bonds is 6. The van der Waals surface area contributed by atoms with Crippen LogP contribution in [0.5, 0.6) is 0 Å². The van der Waals surface area contributed by atoms with E-state index in [1.807, 2.05) is 0 Å². The van der Waals surface area contributed by atoms with Crippen LogP contribution in [0, 0.1) is 19.8 Å². The fraction of sp³-hybridized carbons (Fsp3) is 0.667. The van der Waals surface area contributed by atoms with Crippen molar-refractivity contribution in [2.45, 2.75) is 46.6 Å². The molecule has 1 unspecified atom stereocenters. The van der Waals surface area contributed by atoms with Crippen LogP contribution >= 0.6 is 0 Å². The second-order valence-electron chi connectivity index (χ2n) is 6.47. The molecule has 1 aliphatic heterocycles. The predicted molar refractivity (Wildman–Crippen MR) is 87.1 cm³/mol. The highest BCUT2D eigenvalue weighted by atomic mass is 15.1. The Morgan fingerprint density at radius 2 is 1.75 bits per heavy atom. The number of hydrogen-bond acceptors (Lipinski definition) is 2. The van der Waals surface area contributed by atoms with E-state index in [1.165, 1.54) is 55.6 Å². The van der Waals surface area contributed by atoms with Crippen molar-refractivity contribution in [1.82, 2.24) is 10.2 Å². The van der Waals surface area contributed by atoms with Crippen molar-refractivity contribution >= 4 is 0 Å². The largest absolute Gasteiger partial charge is 0.312 e. The second-order valence-corrected chi connectivity index (χ2v) is 6.47. The summed E-state index contributed by atoms with van der Waals surface area (Å²) in [6.45, 7) is 12.8. The van der Waals surface area contributed by atoms with Gasteiger partial charge in [0.1, 0.15) is 0 Å². The first-order valence-corrected chi connectivity index (χ1v) is 8.15. The van der Waals surface area contributed by atoms with E-state index in [4.69, 9.17) is 0 Å². The molecule has 1 aliphatic rings. The van der Waals surface area contributed by atoms with Gasteiger partial charge in [0, 0.05) is 13.1 Å². The van der Waals surface area contributed by atoms with Crippen LogP contribution in [0.3, 0.4) is 0 Å². The van der Waals surface area contributed by atoms with Crippen LogP contribution in [-0.4, -0.2) is 31.1 Å². The summed E-state index contributed by atoms with van der Waals surface area (Å²) < 4.78 is 0. The van der Waals surface area contributed by atoms with Gasteiger partial charge in [-0.3, -0.25) is 0 Å². The Morgan fingerprint density at radius 1 is 1.10 bits per heavy atom. The minimum Gasteiger partial charge on any atom is -0.312 e. The van der Waals surface area contributed by atoms with Crippen LogP contribution in [0.1, 0.15) is 42.9 Å². The molecule has 0 saturated carbocycles. The number of benzene rings is 1. The molecule has 0 aliphatic carbocycles. The Balaban J connectivity index is 1.72. The zero-order valence-corrected chi connectivity index (χ0v) is 13.4. The molecule has 1 heterocycles. The number of piperidine rings is 1. The summed E-state index contributed by atoms with van der Waals surface area (Å²) in [5.74, 6) is 0.734. The van der Waals surface area contributed by atoms with E-state index in [9.17, 15) is 0 Å². The highest BCUT2D eigenvalue weighted by Gasteiger charge is 2.13. The first kappa shape index (κ1) is 15.5. The van der Waals surface area contributed by atoms with E-state index in [1.54, 1.807) is 0 Å². The lowest BCUT2D eigenvalue weighted by molar-refractivity contribution is 0.199.